The lowest BCUT2D eigenvalue weighted by molar-refractivity contribution is 0.166. The zero-order valence-electron chi connectivity index (χ0n) is 12.7. The zero-order valence-corrected chi connectivity index (χ0v) is 12.7. The highest BCUT2D eigenvalue weighted by Crippen LogP contribution is 2.20. The first-order valence-electron chi connectivity index (χ1n) is 7.12. The minimum absolute atomic E-state index is 0.462. The van der Waals surface area contributed by atoms with Gasteiger partial charge in [0.05, 0.1) is 5.69 Å². The Kier molecular flexibility index (Phi) is 4.47. The summed E-state index contributed by atoms with van der Waals surface area (Å²) in [5, 5.41) is 3.35. The monoisotopic (exact) mass is 266 g/mol. The summed E-state index contributed by atoms with van der Waals surface area (Å²) in [4.78, 5) is 9.23. The van der Waals surface area contributed by atoms with Crippen molar-refractivity contribution >= 4 is 6.01 Å². The van der Waals surface area contributed by atoms with Gasteiger partial charge >= 0.3 is 0 Å². The van der Waals surface area contributed by atoms with Crippen LogP contribution in [0.2, 0.25) is 0 Å². The first-order chi connectivity index (χ1) is 8.97. The van der Waals surface area contributed by atoms with Crippen molar-refractivity contribution < 1.29 is 4.42 Å². The lowest BCUT2D eigenvalue weighted by atomic mass is 10.1. The number of hydrogen-bond donors (Lipinski definition) is 1. The number of nitrogens with one attached hydrogen (secondary N) is 1. The molecule has 1 saturated heterocycles. The number of piperazine rings is 1. The van der Waals surface area contributed by atoms with Crippen LogP contribution >= 0.6 is 0 Å². The Morgan fingerprint density at radius 2 is 2.00 bits per heavy atom. The third kappa shape index (κ3) is 3.48. The number of oxazole rings is 1. The molecule has 1 N–H and O–H groups in total. The summed E-state index contributed by atoms with van der Waals surface area (Å²) in [7, 11) is 2.18. The predicted octanol–water partition coefficient (Wildman–Crippen LogP) is 1.70. The Morgan fingerprint density at radius 3 is 2.58 bits per heavy atom. The normalized spacial score (nSPS) is 25.3. The molecular weight excluding hydrogens is 240 g/mol. The van der Waals surface area contributed by atoms with Crippen LogP contribution < -0.4 is 10.2 Å². The van der Waals surface area contributed by atoms with Crippen LogP contribution in [-0.2, 0) is 6.54 Å². The number of aromatic nitrogens is 1. The van der Waals surface area contributed by atoms with Gasteiger partial charge in [0.25, 0.3) is 6.01 Å². The maximum absolute atomic E-state index is 5.62. The average molecular weight is 266 g/mol. The topological polar surface area (TPSA) is 44.5 Å². The summed E-state index contributed by atoms with van der Waals surface area (Å²) >= 11 is 0. The van der Waals surface area contributed by atoms with Gasteiger partial charge in [0.1, 0.15) is 6.26 Å². The van der Waals surface area contributed by atoms with Gasteiger partial charge in [0.2, 0.25) is 0 Å². The van der Waals surface area contributed by atoms with E-state index in [1.54, 1.807) is 6.26 Å². The molecule has 2 atom stereocenters. The molecule has 0 aliphatic carbocycles. The number of hydrogen-bond acceptors (Lipinski definition) is 5. The van der Waals surface area contributed by atoms with Crippen molar-refractivity contribution in [3.05, 3.63) is 12.0 Å². The van der Waals surface area contributed by atoms with Gasteiger partial charge in [-0.2, -0.15) is 4.98 Å². The van der Waals surface area contributed by atoms with E-state index in [0.717, 1.165) is 31.3 Å². The second-order valence-corrected chi connectivity index (χ2v) is 5.93. The zero-order chi connectivity index (χ0) is 14.0. The molecule has 1 aromatic heterocycles. The van der Waals surface area contributed by atoms with E-state index >= 15 is 0 Å². The summed E-state index contributed by atoms with van der Waals surface area (Å²) < 4.78 is 5.62. The molecule has 1 aliphatic rings. The van der Waals surface area contributed by atoms with Gasteiger partial charge in [-0.15, -0.1) is 0 Å². The highest BCUT2D eigenvalue weighted by Gasteiger charge is 2.28. The summed E-state index contributed by atoms with van der Waals surface area (Å²) in [5.41, 5.74) is 0.975. The molecule has 0 radical (unpaired) electrons. The van der Waals surface area contributed by atoms with Crippen LogP contribution in [0.1, 0.15) is 33.4 Å². The SMILES string of the molecule is CC(C)NCc1coc(N2CC(C)N(C)C(C)C2)n1. The summed E-state index contributed by atoms with van der Waals surface area (Å²) in [6, 6.07) is 2.26. The van der Waals surface area contributed by atoms with Crippen LogP contribution in [0.3, 0.4) is 0 Å². The molecule has 1 aromatic rings. The molecule has 5 nitrogen and oxygen atoms in total. The number of likely N-dealkylation sites (N-methyl/N-ethyl adjacent to an activating group) is 1. The van der Waals surface area contributed by atoms with Crippen LogP contribution in [0, 0.1) is 0 Å². The third-order valence-corrected chi connectivity index (χ3v) is 3.86. The van der Waals surface area contributed by atoms with Crippen molar-refractivity contribution in [3.8, 4) is 0 Å². The maximum Gasteiger partial charge on any atom is 0.297 e. The third-order valence-electron chi connectivity index (χ3n) is 3.86. The van der Waals surface area contributed by atoms with Gasteiger partial charge in [-0.25, -0.2) is 0 Å². The molecule has 1 fully saturated rings. The highest BCUT2D eigenvalue weighted by atomic mass is 16.4. The van der Waals surface area contributed by atoms with Gasteiger partial charge in [0.15, 0.2) is 0 Å². The first kappa shape index (κ1) is 14.3. The molecular formula is C14H26N4O. The fourth-order valence-electron chi connectivity index (χ4n) is 2.39. The fraction of sp³-hybridized carbons (Fsp3) is 0.786. The largest absolute Gasteiger partial charge is 0.432 e. The lowest BCUT2D eigenvalue weighted by Gasteiger charge is -2.41. The van der Waals surface area contributed by atoms with Crippen molar-refractivity contribution in [2.24, 2.45) is 0 Å². The lowest BCUT2D eigenvalue weighted by Crippen LogP contribution is -2.55. The van der Waals surface area contributed by atoms with Crippen molar-refractivity contribution in [2.45, 2.75) is 52.4 Å². The minimum Gasteiger partial charge on any atom is -0.432 e. The summed E-state index contributed by atoms with van der Waals surface area (Å²) in [5.74, 6) is 0. The fourth-order valence-corrected chi connectivity index (χ4v) is 2.39. The molecule has 0 aromatic carbocycles. The highest BCUT2D eigenvalue weighted by molar-refractivity contribution is 5.29. The van der Waals surface area contributed by atoms with E-state index < -0.39 is 0 Å². The summed E-state index contributed by atoms with van der Waals surface area (Å²) in [6.07, 6.45) is 1.76. The molecule has 0 spiro atoms. The second kappa shape index (κ2) is 5.92. The molecule has 2 unspecified atom stereocenters. The molecule has 0 bridgehead atoms. The second-order valence-electron chi connectivity index (χ2n) is 5.93. The van der Waals surface area contributed by atoms with Crippen LogP contribution in [0.15, 0.2) is 10.7 Å². The maximum atomic E-state index is 5.62. The quantitative estimate of drug-likeness (QED) is 0.898. The smallest absolute Gasteiger partial charge is 0.297 e. The first-order valence-corrected chi connectivity index (χ1v) is 7.12. The Hall–Kier alpha value is -1.07. The Morgan fingerprint density at radius 1 is 1.37 bits per heavy atom. The summed E-state index contributed by atoms with van der Waals surface area (Å²) in [6.45, 7) is 11.5. The van der Waals surface area contributed by atoms with Crippen molar-refractivity contribution in [1.29, 1.82) is 0 Å². The van der Waals surface area contributed by atoms with E-state index in [4.69, 9.17) is 4.42 Å². The number of nitrogens with zero attached hydrogens (tertiary/aromatic N) is 3. The van der Waals surface area contributed by atoms with E-state index in [1.165, 1.54) is 0 Å². The van der Waals surface area contributed by atoms with Crippen molar-refractivity contribution in [3.63, 3.8) is 0 Å². The average Bonchev–Trinajstić information content (AvgIpc) is 2.81. The number of anilines is 1. The molecule has 19 heavy (non-hydrogen) atoms. The molecule has 5 heteroatoms. The van der Waals surface area contributed by atoms with E-state index in [9.17, 15) is 0 Å². The van der Waals surface area contributed by atoms with Crippen molar-refractivity contribution in [1.82, 2.24) is 15.2 Å². The number of rotatable bonds is 4. The van der Waals surface area contributed by atoms with Crippen molar-refractivity contribution in [2.75, 3.05) is 25.0 Å². The van der Waals surface area contributed by atoms with E-state index in [-0.39, 0.29) is 0 Å². The molecule has 1 aliphatic heterocycles. The molecule has 0 saturated carbocycles. The Labute approximate surface area is 116 Å². The van der Waals surface area contributed by atoms with Gasteiger partial charge in [0, 0.05) is 37.8 Å². The van der Waals surface area contributed by atoms with Crippen LogP contribution in [0.4, 0.5) is 6.01 Å². The minimum atomic E-state index is 0.462. The standard InChI is InChI=1S/C14H26N4O/c1-10(2)15-6-13-9-19-14(16-13)18-7-11(3)17(5)12(4)8-18/h9-12,15H,6-8H2,1-5H3. The molecule has 2 rings (SSSR count). The van der Waals surface area contributed by atoms with E-state index in [2.05, 4.69) is 54.8 Å². The van der Waals surface area contributed by atoms with Gasteiger partial charge in [-0.1, -0.05) is 13.8 Å². The molecule has 108 valence electrons. The van der Waals surface area contributed by atoms with Gasteiger partial charge < -0.3 is 14.6 Å². The predicted molar refractivity (Wildman–Crippen MR) is 77.4 cm³/mol. The molecule has 0 amide bonds. The Balaban J connectivity index is 1.98. The van der Waals surface area contributed by atoms with Crippen LogP contribution in [-0.4, -0.2) is 48.1 Å². The van der Waals surface area contributed by atoms with E-state index in [0.29, 0.717) is 18.1 Å². The van der Waals surface area contributed by atoms with Gasteiger partial charge in [-0.3, -0.25) is 4.90 Å². The van der Waals surface area contributed by atoms with Crippen LogP contribution in [0.25, 0.3) is 0 Å². The molecule has 2 heterocycles. The van der Waals surface area contributed by atoms with Crippen LogP contribution in [0.5, 0.6) is 0 Å². The van der Waals surface area contributed by atoms with Gasteiger partial charge in [-0.05, 0) is 20.9 Å². The Bertz CT molecular complexity index is 392. The van der Waals surface area contributed by atoms with E-state index in [1.807, 2.05) is 0 Å².